The molecule has 5 aliphatic rings. The third-order valence-corrected chi connectivity index (χ3v) is 11.9. The standard InChI is InChI=1S/C31H43FN2O/c1-20-25-11-12-27-24-10-9-22-18-23(34(4)29(35)17-21-7-5-6-8-28(21)32)13-15-30(22,2)26(24)14-16-31(25,27)19-33(20)3/h5-9,20,23-27H,10-19H2,1-4H3. The summed E-state index contributed by atoms with van der Waals surface area (Å²) >= 11 is 0. The van der Waals surface area contributed by atoms with Gasteiger partial charge in [-0.05, 0) is 111 Å². The summed E-state index contributed by atoms with van der Waals surface area (Å²) in [5.41, 5.74) is 2.99. The largest absolute Gasteiger partial charge is 0.342 e. The fraction of sp³-hybridized carbons (Fsp3) is 0.710. The van der Waals surface area contributed by atoms with Crippen LogP contribution in [-0.2, 0) is 11.2 Å². The predicted octanol–water partition coefficient (Wildman–Crippen LogP) is 6.09. The highest BCUT2D eigenvalue weighted by atomic mass is 19.1. The molecule has 0 radical (unpaired) electrons. The minimum absolute atomic E-state index is 0.0362. The number of hydrogen-bond acceptors (Lipinski definition) is 2. The van der Waals surface area contributed by atoms with Crippen LogP contribution in [0.5, 0.6) is 0 Å². The van der Waals surface area contributed by atoms with E-state index >= 15 is 0 Å². The number of halogens is 1. The van der Waals surface area contributed by atoms with Crippen molar-refractivity contribution in [3.8, 4) is 0 Å². The molecule has 8 unspecified atom stereocenters. The van der Waals surface area contributed by atoms with Gasteiger partial charge in [0.15, 0.2) is 0 Å². The van der Waals surface area contributed by atoms with Crippen LogP contribution < -0.4 is 0 Å². The number of benzene rings is 1. The zero-order valence-corrected chi connectivity index (χ0v) is 22.1. The van der Waals surface area contributed by atoms with Crippen molar-refractivity contribution in [3.63, 3.8) is 0 Å². The summed E-state index contributed by atoms with van der Waals surface area (Å²) in [5.74, 6) is 3.21. The lowest BCUT2D eigenvalue weighted by Gasteiger charge is -2.58. The number of amides is 1. The number of likely N-dealkylation sites (tertiary alicyclic amines) is 1. The Morgan fingerprint density at radius 1 is 1.11 bits per heavy atom. The van der Waals surface area contributed by atoms with Gasteiger partial charge in [-0.1, -0.05) is 36.8 Å². The van der Waals surface area contributed by atoms with E-state index in [1.807, 2.05) is 18.0 Å². The molecular weight excluding hydrogens is 435 g/mol. The monoisotopic (exact) mass is 478 g/mol. The molecule has 1 aromatic carbocycles. The van der Waals surface area contributed by atoms with E-state index in [9.17, 15) is 9.18 Å². The molecule has 1 heterocycles. The number of nitrogens with zero attached hydrogens (tertiary/aromatic N) is 2. The third-order valence-electron chi connectivity index (χ3n) is 11.9. The highest BCUT2D eigenvalue weighted by Gasteiger charge is 2.64. The maximum Gasteiger partial charge on any atom is 0.227 e. The van der Waals surface area contributed by atoms with Crippen LogP contribution in [0.1, 0.15) is 70.8 Å². The Balaban J connectivity index is 1.18. The van der Waals surface area contributed by atoms with Crippen molar-refractivity contribution in [1.29, 1.82) is 0 Å². The number of hydrogen-bond donors (Lipinski definition) is 0. The SMILES string of the molecule is CC1C2CCC3C4CC=C5CC(N(C)C(=O)Cc6ccccc6F)CCC5(C)C4CCC32CN1C. The van der Waals surface area contributed by atoms with E-state index < -0.39 is 0 Å². The Labute approximate surface area is 211 Å². The minimum Gasteiger partial charge on any atom is -0.342 e. The molecule has 0 aromatic heterocycles. The van der Waals surface area contributed by atoms with Gasteiger partial charge in [0.2, 0.25) is 5.91 Å². The summed E-state index contributed by atoms with van der Waals surface area (Å²) in [4.78, 5) is 17.6. The van der Waals surface area contributed by atoms with Crippen LogP contribution in [0, 0.1) is 40.3 Å². The van der Waals surface area contributed by atoms with Crippen LogP contribution in [0.4, 0.5) is 4.39 Å². The second-order valence-corrected chi connectivity index (χ2v) is 13.0. The highest BCUT2D eigenvalue weighted by Crippen LogP contribution is 2.68. The van der Waals surface area contributed by atoms with Gasteiger partial charge in [0.05, 0.1) is 6.42 Å². The Hall–Kier alpha value is -1.68. The number of carbonyl (C=O) groups is 1. The molecule has 8 atom stereocenters. The summed E-state index contributed by atoms with van der Waals surface area (Å²) in [7, 11) is 4.29. The molecule has 1 aromatic rings. The van der Waals surface area contributed by atoms with Gasteiger partial charge in [0, 0.05) is 25.7 Å². The van der Waals surface area contributed by atoms with E-state index in [0.29, 0.717) is 16.4 Å². The van der Waals surface area contributed by atoms with Crippen LogP contribution >= 0.6 is 0 Å². The molecule has 0 N–H and O–H groups in total. The van der Waals surface area contributed by atoms with Crippen molar-refractivity contribution in [1.82, 2.24) is 9.80 Å². The fourth-order valence-electron chi connectivity index (χ4n) is 9.91. The Morgan fingerprint density at radius 2 is 1.89 bits per heavy atom. The second kappa shape index (κ2) is 8.43. The first-order valence-electron chi connectivity index (χ1n) is 14.1. The smallest absolute Gasteiger partial charge is 0.227 e. The first-order valence-corrected chi connectivity index (χ1v) is 14.1. The van der Waals surface area contributed by atoms with Gasteiger partial charge in [0.25, 0.3) is 0 Å². The summed E-state index contributed by atoms with van der Waals surface area (Å²) in [6, 6.07) is 7.65. The van der Waals surface area contributed by atoms with Crippen LogP contribution in [0.3, 0.4) is 0 Å². The Kier molecular flexibility index (Phi) is 5.71. The highest BCUT2D eigenvalue weighted by molar-refractivity contribution is 5.79. The normalized spacial score (nSPS) is 42.5. The minimum atomic E-state index is -0.279. The van der Waals surface area contributed by atoms with Crippen LogP contribution in [0.2, 0.25) is 0 Å². The van der Waals surface area contributed by atoms with Crippen molar-refractivity contribution >= 4 is 5.91 Å². The number of fused-ring (bicyclic) bond motifs is 4. The molecule has 0 bridgehead atoms. The van der Waals surface area contributed by atoms with E-state index in [0.717, 1.165) is 42.6 Å². The van der Waals surface area contributed by atoms with Crippen molar-refractivity contribution in [2.24, 2.45) is 34.5 Å². The molecule has 3 saturated carbocycles. The quantitative estimate of drug-likeness (QED) is 0.491. The summed E-state index contributed by atoms with van der Waals surface area (Å²) < 4.78 is 14.1. The van der Waals surface area contributed by atoms with Crippen molar-refractivity contribution in [2.45, 2.75) is 83.7 Å². The summed E-state index contributed by atoms with van der Waals surface area (Å²) in [6.45, 7) is 6.34. The predicted molar refractivity (Wildman–Crippen MR) is 138 cm³/mol. The molecular formula is C31H43FN2O. The molecule has 4 aliphatic carbocycles. The Bertz CT molecular complexity index is 1040. The van der Waals surface area contributed by atoms with Gasteiger partial charge in [0.1, 0.15) is 5.82 Å². The van der Waals surface area contributed by atoms with Crippen LogP contribution in [0.15, 0.2) is 35.9 Å². The molecule has 35 heavy (non-hydrogen) atoms. The van der Waals surface area contributed by atoms with E-state index in [-0.39, 0.29) is 24.2 Å². The maximum absolute atomic E-state index is 14.1. The van der Waals surface area contributed by atoms with Gasteiger partial charge < -0.3 is 9.80 Å². The molecule has 190 valence electrons. The molecule has 3 nitrogen and oxygen atoms in total. The van der Waals surface area contributed by atoms with Crippen molar-refractivity contribution < 1.29 is 9.18 Å². The van der Waals surface area contributed by atoms with Crippen LogP contribution in [0.25, 0.3) is 0 Å². The number of carbonyl (C=O) groups excluding carboxylic acids is 1. The molecule has 4 heteroatoms. The maximum atomic E-state index is 14.1. The first kappa shape index (κ1) is 23.7. The lowest BCUT2D eigenvalue weighted by atomic mass is 9.47. The van der Waals surface area contributed by atoms with Gasteiger partial charge in [-0.3, -0.25) is 4.79 Å². The molecule has 1 aliphatic heterocycles. The fourth-order valence-corrected chi connectivity index (χ4v) is 9.91. The molecule has 1 spiro atoms. The lowest BCUT2D eigenvalue weighted by Crippen LogP contribution is -2.53. The van der Waals surface area contributed by atoms with E-state index in [1.54, 1.807) is 17.7 Å². The molecule has 1 saturated heterocycles. The average molecular weight is 479 g/mol. The first-order chi connectivity index (χ1) is 16.7. The third kappa shape index (κ3) is 3.49. The Morgan fingerprint density at radius 3 is 2.69 bits per heavy atom. The van der Waals surface area contributed by atoms with Gasteiger partial charge >= 0.3 is 0 Å². The van der Waals surface area contributed by atoms with Gasteiger partial charge in [-0.25, -0.2) is 4.39 Å². The summed E-state index contributed by atoms with van der Waals surface area (Å²) in [6.07, 6.45) is 12.9. The topological polar surface area (TPSA) is 23.6 Å². The summed E-state index contributed by atoms with van der Waals surface area (Å²) in [5, 5.41) is 0. The molecule has 1 amide bonds. The number of rotatable bonds is 3. The number of allylic oxidation sites excluding steroid dienone is 1. The lowest BCUT2D eigenvalue weighted by molar-refractivity contribution is -0.132. The van der Waals surface area contributed by atoms with Crippen LogP contribution in [-0.4, -0.2) is 48.4 Å². The van der Waals surface area contributed by atoms with E-state index in [1.165, 1.54) is 51.1 Å². The second-order valence-electron chi connectivity index (χ2n) is 13.0. The molecule has 6 rings (SSSR count). The zero-order valence-electron chi connectivity index (χ0n) is 22.1. The van der Waals surface area contributed by atoms with Gasteiger partial charge in [-0.15, -0.1) is 0 Å². The van der Waals surface area contributed by atoms with E-state index in [4.69, 9.17) is 0 Å². The average Bonchev–Trinajstić information content (AvgIpc) is 3.33. The van der Waals surface area contributed by atoms with Crippen molar-refractivity contribution in [3.05, 3.63) is 47.3 Å². The zero-order chi connectivity index (χ0) is 24.5. The van der Waals surface area contributed by atoms with E-state index in [2.05, 4.69) is 31.9 Å². The molecule has 4 fully saturated rings. The number of likely N-dealkylation sites (N-methyl/N-ethyl adjacent to an activating group) is 1. The van der Waals surface area contributed by atoms with Crippen molar-refractivity contribution in [2.75, 3.05) is 20.6 Å². The van der Waals surface area contributed by atoms with Gasteiger partial charge in [-0.2, -0.15) is 0 Å².